The highest BCUT2D eigenvalue weighted by molar-refractivity contribution is 7.90. The molecule has 1 atom stereocenters. The van der Waals surface area contributed by atoms with Crippen LogP contribution in [-0.2, 0) is 16.3 Å². The topological polar surface area (TPSA) is 67.3 Å². The van der Waals surface area contributed by atoms with E-state index in [9.17, 15) is 13.5 Å². The van der Waals surface area contributed by atoms with Crippen LogP contribution in [0, 0.1) is 0 Å². The van der Waals surface area contributed by atoms with Gasteiger partial charge in [-0.15, -0.1) is 0 Å². The summed E-state index contributed by atoms with van der Waals surface area (Å²) in [4.78, 5) is 3.95. The fourth-order valence-electron chi connectivity index (χ4n) is 1.47. The minimum atomic E-state index is -2.92. The van der Waals surface area contributed by atoms with E-state index >= 15 is 0 Å². The minimum Gasteiger partial charge on any atom is -0.393 e. The molecule has 0 fully saturated rings. The van der Waals surface area contributed by atoms with Crippen LogP contribution in [-0.4, -0.2) is 36.6 Å². The molecule has 0 aromatic carbocycles. The molecule has 0 aliphatic heterocycles. The first-order valence-electron chi connectivity index (χ1n) is 5.22. The van der Waals surface area contributed by atoms with Crippen molar-refractivity contribution < 1.29 is 13.5 Å². The molecule has 1 aromatic rings. The predicted octanol–water partition coefficient (Wildman–Crippen LogP) is 0.810. The fourth-order valence-corrected chi connectivity index (χ4v) is 2.17. The summed E-state index contributed by atoms with van der Waals surface area (Å²) in [6.45, 7) is 0. The van der Waals surface area contributed by atoms with Gasteiger partial charge in [0.25, 0.3) is 0 Å². The molecule has 4 nitrogen and oxygen atoms in total. The number of hydrogen-bond acceptors (Lipinski definition) is 4. The van der Waals surface area contributed by atoms with E-state index in [0.29, 0.717) is 19.3 Å². The Morgan fingerprint density at radius 1 is 1.50 bits per heavy atom. The molecule has 0 aliphatic rings. The molecule has 1 rings (SSSR count). The molecule has 0 spiro atoms. The molecule has 5 heteroatoms. The highest BCUT2D eigenvalue weighted by atomic mass is 32.2. The maximum Gasteiger partial charge on any atom is 0.147 e. The quantitative estimate of drug-likeness (QED) is 0.803. The van der Waals surface area contributed by atoms with Crippen molar-refractivity contribution in [3.8, 4) is 0 Å². The van der Waals surface area contributed by atoms with Gasteiger partial charge < -0.3 is 5.11 Å². The molecular weight excluding hydrogens is 226 g/mol. The standard InChI is InChI=1S/C11H17NO3S/c1-16(14,15)7-3-5-11(13)8-10-4-2-6-12-9-10/h2,4,6,9,11,13H,3,5,7-8H2,1H3. The van der Waals surface area contributed by atoms with Gasteiger partial charge in [-0.25, -0.2) is 8.42 Å². The zero-order chi connectivity index (χ0) is 12.0. The van der Waals surface area contributed by atoms with Gasteiger partial charge in [-0.1, -0.05) is 6.07 Å². The zero-order valence-electron chi connectivity index (χ0n) is 9.33. The van der Waals surface area contributed by atoms with Gasteiger partial charge in [0.05, 0.1) is 6.10 Å². The van der Waals surface area contributed by atoms with Gasteiger partial charge in [0.2, 0.25) is 0 Å². The van der Waals surface area contributed by atoms with Crippen LogP contribution in [0.1, 0.15) is 18.4 Å². The second-order valence-electron chi connectivity index (χ2n) is 3.99. The van der Waals surface area contributed by atoms with Crippen LogP contribution in [0.3, 0.4) is 0 Å². The first kappa shape index (κ1) is 13.1. The van der Waals surface area contributed by atoms with E-state index in [1.807, 2.05) is 12.1 Å². The van der Waals surface area contributed by atoms with Crippen LogP contribution < -0.4 is 0 Å². The second-order valence-corrected chi connectivity index (χ2v) is 6.25. The van der Waals surface area contributed by atoms with Gasteiger partial charge in [-0.05, 0) is 30.9 Å². The zero-order valence-corrected chi connectivity index (χ0v) is 10.2. The van der Waals surface area contributed by atoms with Gasteiger partial charge >= 0.3 is 0 Å². The highest BCUT2D eigenvalue weighted by Gasteiger charge is 2.08. The van der Waals surface area contributed by atoms with E-state index in [1.54, 1.807) is 12.4 Å². The normalized spacial score (nSPS) is 13.6. The molecule has 0 bridgehead atoms. The summed E-state index contributed by atoms with van der Waals surface area (Å²) in [5, 5.41) is 9.68. The minimum absolute atomic E-state index is 0.136. The largest absolute Gasteiger partial charge is 0.393 e. The van der Waals surface area contributed by atoms with Crippen LogP contribution in [0.4, 0.5) is 0 Å². The van der Waals surface area contributed by atoms with Gasteiger partial charge in [-0.3, -0.25) is 4.98 Å². The maximum absolute atomic E-state index is 10.9. The Balaban J connectivity index is 2.29. The van der Waals surface area contributed by atoms with E-state index in [4.69, 9.17) is 0 Å². The number of aromatic nitrogens is 1. The van der Waals surface area contributed by atoms with E-state index in [1.165, 1.54) is 6.26 Å². The maximum atomic E-state index is 10.9. The lowest BCUT2D eigenvalue weighted by Gasteiger charge is -2.09. The molecule has 1 aromatic heterocycles. The Kier molecular flexibility index (Phi) is 4.89. The molecule has 1 heterocycles. The number of aliphatic hydroxyl groups is 1. The number of aliphatic hydroxyl groups excluding tert-OH is 1. The SMILES string of the molecule is CS(=O)(=O)CCCC(O)Cc1cccnc1. The van der Waals surface area contributed by atoms with Crippen molar-refractivity contribution in [2.75, 3.05) is 12.0 Å². The molecule has 1 unspecified atom stereocenters. The average molecular weight is 243 g/mol. The Morgan fingerprint density at radius 3 is 2.81 bits per heavy atom. The second kappa shape index (κ2) is 5.96. The molecular formula is C11H17NO3S. The molecule has 0 radical (unpaired) electrons. The van der Waals surface area contributed by atoms with E-state index in [-0.39, 0.29) is 5.75 Å². The van der Waals surface area contributed by atoms with Crippen molar-refractivity contribution in [1.82, 2.24) is 4.98 Å². The molecule has 1 N–H and O–H groups in total. The van der Waals surface area contributed by atoms with Gasteiger partial charge in [0, 0.05) is 24.4 Å². The van der Waals surface area contributed by atoms with Crippen LogP contribution >= 0.6 is 0 Å². The predicted molar refractivity (Wildman–Crippen MR) is 62.9 cm³/mol. The number of pyridine rings is 1. The molecule has 0 saturated heterocycles. The third kappa shape index (κ3) is 5.82. The van der Waals surface area contributed by atoms with Crippen LogP contribution in [0.25, 0.3) is 0 Å². The molecule has 90 valence electrons. The summed E-state index contributed by atoms with van der Waals surface area (Å²) in [5.74, 6) is 0.136. The monoisotopic (exact) mass is 243 g/mol. The molecule has 0 aliphatic carbocycles. The van der Waals surface area contributed by atoms with E-state index in [2.05, 4.69) is 4.98 Å². The number of nitrogens with zero attached hydrogens (tertiary/aromatic N) is 1. The van der Waals surface area contributed by atoms with E-state index < -0.39 is 15.9 Å². The Hall–Kier alpha value is -0.940. The first-order valence-corrected chi connectivity index (χ1v) is 7.28. The van der Waals surface area contributed by atoms with Gasteiger partial charge in [0.1, 0.15) is 9.84 Å². The van der Waals surface area contributed by atoms with Crippen molar-refractivity contribution in [1.29, 1.82) is 0 Å². The van der Waals surface area contributed by atoms with Crippen molar-refractivity contribution in [2.24, 2.45) is 0 Å². The van der Waals surface area contributed by atoms with Gasteiger partial charge in [-0.2, -0.15) is 0 Å². The third-order valence-electron chi connectivity index (χ3n) is 2.25. The van der Waals surface area contributed by atoms with Gasteiger partial charge in [0.15, 0.2) is 0 Å². The summed E-state index contributed by atoms with van der Waals surface area (Å²) in [7, 11) is -2.92. The lowest BCUT2D eigenvalue weighted by molar-refractivity contribution is 0.164. The first-order chi connectivity index (χ1) is 7.47. The Labute approximate surface area is 96.3 Å². The number of sulfone groups is 1. The summed E-state index contributed by atoms with van der Waals surface area (Å²) < 4.78 is 21.8. The smallest absolute Gasteiger partial charge is 0.147 e. The number of rotatable bonds is 6. The van der Waals surface area contributed by atoms with Crippen molar-refractivity contribution in [2.45, 2.75) is 25.4 Å². The molecule has 0 saturated carbocycles. The summed E-state index contributed by atoms with van der Waals surface area (Å²) >= 11 is 0. The molecule has 16 heavy (non-hydrogen) atoms. The molecule has 0 amide bonds. The van der Waals surface area contributed by atoms with Crippen molar-refractivity contribution >= 4 is 9.84 Å². The summed E-state index contributed by atoms with van der Waals surface area (Å²) in [5.41, 5.74) is 0.967. The third-order valence-corrected chi connectivity index (χ3v) is 3.28. The highest BCUT2D eigenvalue weighted by Crippen LogP contribution is 2.07. The van der Waals surface area contributed by atoms with Crippen LogP contribution in [0.15, 0.2) is 24.5 Å². The van der Waals surface area contributed by atoms with Crippen LogP contribution in [0.5, 0.6) is 0 Å². The summed E-state index contributed by atoms with van der Waals surface area (Å²) in [6, 6.07) is 3.71. The average Bonchev–Trinajstić information content (AvgIpc) is 2.17. The van der Waals surface area contributed by atoms with Crippen LogP contribution in [0.2, 0.25) is 0 Å². The Bertz CT molecular complexity index is 402. The lowest BCUT2D eigenvalue weighted by atomic mass is 10.1. The van der Waals surface area contributed by atoms with Crippen molar-refractivity contribution in [3.63, 3.8) is 0 Å². The van der Waals surface area contributed by atoms with Crippen molar-refractivity contribution in [3.05, 3.63) is 30.1 Å². The lowest BCUT2D eigenvalue weighted by Crippen LogP contribution is -2.13. The fraction of sp³-hybridized carbons (Fsp3) is 0.545. The number of hydrogen-bond donors (Lipinski definition) is 1. The Morgan fingerprint density at radius 2 is 2.25 bits per heavy atom. The summed E-state index contributed by atoms with van der Waals surface area (Å²) in [6.07, 6.45) is 5.63. The van der Waals surface area contributed by atoms with E-state index in [0.717, 1.165) is 5.56 Å².